The van der Waals surface area contributed by atoms with Crippen LogP contribution in [-0.4, -0.2) is 108 Å². The molecule has 4 aliphatic rings. The number of likely N-dealkylation sites (tertiary alicyclic amines) is 1. The van der Waals surface area contributed by atoms with E-state index in [1.54, 1.807) is 55.7 Å². The number of aliphatic hydroxyl groups is 2. The van der Waals surface area contributed by atoms with Gasteiger partial charge in [0.25, 0.3) is 11.8 Å². The second kappa shape index (κ2) is 33.7. The number of rotatable bonds is 17. The molecule has 5 aromatic rings. The Bertz CT molecular complexity index is 3620. The first-order chi connectivity index (χ1) is 45.4. The minimum atomic E-state index is -1.91. The number of halogens is 1. The maximum atomic E-state index is 14.4. The molecule has 3 aromatic heterocycles. The SMILES string of the molecule is C.C=C(N[C@@H](C)c1ccc(-c2scnc2C)cc1)[C@@H]1C[C@@H](O)CN1C(=O)[C@@H](CC(C)(C)C)C(C)(C)C.C=C1CCC(NC(=O)c2ccc(C(C)(C)C)cn2)C(=O)N1.CC.Cc1ncsc1-c1ccc(CNC(=O)[C@@H]2C[C@@H](O)CC2C(=O)[C@@H](NC(=O)C2(F)CC2)C(C)(C)C)c(C(C)(C)C)c1. The summed E-state index contributed by atoms with van der Waals surface area (Å²) in [7, 11) is 0. The Morgan fingerprint density at radius 1 is 0.758 bits per heavy atom. The van der Waals surface area contributed by atoms with Crippen molar-refractivity contribution in [2.24, 2.45) is 34.0 Å². The summed E-state index contributed by atoms with van der Waals surface area (Å²) in [5.41, 5.74) is 11.2. The number of carbonyl (C=O) groups excluding carboxylic acids is 6. The van der Waals surface area contributed by atoms with Crippen molar-refractivity contribution in [2.75, 3.05) is 6.54 Å². The fraction of sp³-hybridized carbons (Fsp3) is 0.582. The van der Waals surface area contributed by atoms with Crippen LogP contribution in [0.5, 0.6) is 0 Å². The Morgan fingerprint density at radius 2 is 1.33 bits per heavy atom. The van der Waals surface area contributed by atoms with E-state index in [4.69, 9.17) is 0 Å². The molecule has 5 heterocycles. The minimum Gasteiger partial charge on any atom is -0.393 e. The van der Waals surface area contributed by atoms with Crippen LogP contribution in [0.1, 0.15) is 234 Å². The third-order valence-corrected chi connectivity index (χ3v) is 20.6. The number of piperidine rings is 1. The Morgan fingerprint density at radius 3 is 1.83 bits per heavy atom. The van der Waals surface area contributed by atoms with Crippen LogP contribution >= 0.6 is 22.7 Å². The summed E-state index contributed by atoms with van der Waals surface area (Å²) >= 11 is 3.25. The summed E-state index contributed by atoms with van der Waals surface area (Å²) in [5.74, 6) is -3.46. The van der Waals surface area contributed by atoms with Gasteiger partial charge in [-0.15, -0.1) is 22.7 Å². The predicted molar refractivity (Wildman–Crippen MR) is 399 cm³/mol. The molecule has 9 rings (SSSR count). The topological polar surface area (TPSA) is 245 Å². The van der Waals surface area contributed by atoms with Gasteiger partial charge in [0.2, 0.25) is 17.7 Å². The summed E-state index contributed by atoms with van der Waals surface area (Å²) in [6.07, 6.45) is 3.53. The lowest BCUT2D eigenvalue weighted by Crippen LogP contribution is -2.54. The number of aliphatic hydroxyl groups excluding tert-OH is 2. The highest BCUT2D eigenvalue weighted by Crippen LogP contribution is 2.43. The van der Waals surface area contributed by atoms with Crippen molar-refractivity contribution in [1.29, 1.82) is 0 Å². The molecule has 0 radical (unpaired) electrons. The number of ketones is 1. The number of benzene rings is 2. The number of aryl methyl sites for hydroxylation is 2. The van der Waals surface area contributed by atoms with Gasteiger partial charge >= 0.3 is 0 Å². The number of β-amino-alcohol motifs (C(OH)–C–C–N with tert-alkyl or cyclic N) is 1. The van der Waals surface area contributed by atoms with Gasteiger partial charge in [-0.1, -0.05) is 181 Å². The largest absolute Gasteiger partial charge is 0.393 e. The lowest BCUT2D eigenvalue weighted by molar-refractivity contribution is -0.141. The first-order valence-corrected chi connectivity index (χ1v) is 36.4. The van der Waals surface area contributed by atoms with Gasteiger partial charge in [-0.2, -0.15) is 0 Å². The highest BCUT2D eigenvalue weighted by atomic mass is 32.1. The van der Waals surface area contributed by atoms with E-state index in [1.165, 1.54) is 10.4 Å². The van der Waals surface area contributed by atoms with Crippen LogP contribution in [0.2, 0.25) is 0 Å². The molecule has 2 saturated carbocycles. The Kier molecular flexibility index (Phi) is 28.1. The highest BCUT2D eigenvalue weighted by Gasteiger charge is 2.54. The van der Waals surface area contributed by atoms with E-state index >= 15 is 0 Å². The number of Topliss-reactive ketones (excluding diaryl/α,β-unsaturated/α-hetero) is 1. The van der Waals surface area contributed by atoms with E-state index in [0.29, 0.717) is 37.2 Å². The lowest BCUT2D eigenvalue weighted by Gasteiger charge is -2.39. The number of allylic oxidation sites excluding steroid dienone is 1. The first kappa shape index (κ1) is 82.7. The molecule has 2 aliphatic heterocycles. The van der Waals surface area contributed by atoms with Gasteiger partial charge in [0.1, 0.15) is 11.7 Å². The van der Waals surface area contributed by atoms with Gasteiger partial charge in [0, 0.05) is 55.0 Å². The van der Waals surface area contributed by atoms with E-state index in [-0.39, 0.29) is 109 Å². The van der Waals surface area contributed by atoms with Crippen LogP contribution in [0.3, 0.4) is 0 Å². The molecule has 0 spiro atoms. The number of hydrogen-bond donors (Lipinski definition) is 7. The average molecular weight is 1400 g/mol. The predicted octanol–water partition coefficient (Wildman–Crippen LogP) is 14.9. The van der Waals surface area contributed by atoms with Gasteiger partial charge in [0.15, 0.2) is 11.5 Å². The van der Waals surface area contributed by atoms with E-state index in [2.05, 4.69) is 175 Å². The maximum absolute atomic E-state index is 14.4. The number of amides is 5. The first-order valence-electron chi connectivity index (χ1n) is 34.7. The van der Waals surface area contributed by atoms with E-state index in [1.807, 2.05) is 61.8 Å². The molecular weight excluding hydrogens is 1290 g/mol. The summed E-state index contributed by atoms with van der Waals surface area (Å²) in [6.45, 7) is 49.8. The zero-order valence-electron chi connectivity index (χ0n) is 61.9. The van der Waals surface area contributed by atoms with Gasteiger partial charge in [-0.3, -0.25) is 33.8 Å². The molecule has 20 heteroatoms. The van der Waals surface area contributed by atoms with Crippen molar-refractivity contribution >= 4 is 58.0 Å². The summed E-state index contributed by atoms with van der Waals surface area (Å²) < 4.78 is 14.4. The summed E-state index contributed by atoms with van der Waals surface area (Å²) in [4.78, 5) is 94.5. The van der Waals surface area contributed by atoms with E-state index in [9.17, 15) is 43.4 Å². The molecule has 99 heavy (non-hydrogen) atoms. The second-order valence-corrected chi connectivity index (χ2v) is 34.0. The molecule has 544 valence electrons. The number of aromatic nitrogens is 3. The maximum Gasteiger partial charge on any atom is 0.270 e. The molecule has 2 aliphatic carbocycles. The van der Waals surface area contributed by atoms with Crippen molar-refractivity contribution in [3.63, 3.8) is 0 Å². The highest BCUT2D eigenvalue weighted by molar-refractivity contribution is 7.13. The number of nitrogens with one attached hydrogen (secondary N) is 5. The van der Waals surface area contributed by atoms with Gasteiger partial charge in [0.05, 0.1) is 62.4 Å². The van der Waals surface area contributed by atoms with Crippen molar-refractivity contribution in [2.45, 2.75) is 257 Å². The van der Waals surface area contributed by atoms with Crippen molar-refractivity contribution in [1.82, 2.24) is 46.4 Å². The number of carbonyl (C=O) groups is 6. The number of alkyl halides is 1. The van der Waals surface area contributed by atoms with Crippen LogP contribution < -0.4 is 26.6 Å². The zero-order chi connectivity index (χ0) is 73.4. The second-order valence-electron chi connectivity index (χ2n) is 32.3. The molecule has 2 aromatic carbocycles. The van der Waals surface area contributed by atoms with Crippen LogP contribution in [-0.2, 0) is 41.3 Å². The summed E-state index contributed by atoms with van der Waals surface area (Å²) in [5, 5.41) is 35.5. The fourth-order valence-corrected chi connectivity index (χ4v) is 14.3. The normalized spacial score (nSPS) is 20.7. The van der Waals surface area contributed by atoms with Crippen LogP contribution in [0.25, 0.3) is 20.9 Å². The summed E-state index contributed by atoms with van der Waals surface area (Å²) in [6, 6.07) is 16.6. The monoisotopic (exact) mass is 1400 g/mol. The average Bonchev–Trinajstić information content (AvgIpc) is 1.72. The van der Waals surface area contributed by atoms with Crippen molar-refractivity contribution in [3.8, 4) is 20.9 Å². The van der Waals surface area contributed by atoms with Gasteiger partial charge in [-0.05, 0) is 138 Å². The Labute approximate surface area is 598 Å². The van der Waals surface area contributed by atoms with E-state index < -0.39 is 53.1 Å². The molecule has 4 fully saturated rings. The smallest absolute Gasteiger partial charge is 0.270 e. The number of nitrogens with zero attached hydrogens (tertiary/aromatic N) is 4. The number of pyridine rings is 1. The van der Waals surface area contributed by atoms with Crippen LogP contribution in [0, 0.1) is 47.8 Å². The van der Waals surface area contributed by atoms with Crippen molar-refractivity contribution < 1.29 is 43.4 Å². The van der Waals surface area contributed by atoms with Crippen LogP contribution in [0.15, 0.2) is 96.4 Å². The molecule has 9 atom stereocenters. The zero-order valence-corrected chi connectivity index (χ0v) is 63.6. The molecule has 2 unspecified atom stereocenters. The number of thiazole rings is 2. The Balaban J connectivity index is 0.000000275. The van der Waals surface area contributed by atoms with E-state index in [0.717, 1.165) is 56.2 Å². The molecule has 7 N–H and O–H groups in total. The quantitative estimate of drug-likeness (QED) is 0.0460. The van der Waals surface area contributed by atoms with Crippen molar-refractivity contribution in [3.05, 3.63) is 136 Å². The third kappa shape index (κ3) is 22.2. The Hall–Kier alpha value is -7.00. The standard InChI is InChI=1S/C31H42FN3O4S.C29H43N3O2S.C16H21N3O2.C2H6.CH4/c1-17-25(40-16-34-17)18-8-9-19(23(12-18)29(2,3)4)15-33-27(38)22-14-20(36)13-21(22)24(37)26(30(5,6)7)35-28(39)31(32)10-11-31;1-18(21-10-12-22(13-11-21)26-20(3)30-17-35-26)31-19(2)25-14-23(33)16-32(25)27(34)24(29(7,8)9)15-28(4,5)6;1-10-5-7-13(15(21)18-10)19-14(20)12-8-6-11(9-17-12)16(2,3)4;1-2;/h8-9,12,16,20-22,26,36H,10-11,13-15H2,1-7H3,(H,33,38)(H,35,39);10-13,17-18,23-25,31,33H,2,14-16H2,1,3-9H3;6,8-9,13H,1,5,7H2,2-4H3,(H,18,21)(H,19,20);1-2H3;1H4/t20-,21?,22+,26+;18-,23+,24+,25-;;;/m00.../s1. The molecule has 17 nitrogen and oxygen atoms in total. The van der Waals surface area contributed by atoms with Gasteiger partial charge in [-0.25, -0.2) is 14.4 Å². The molecule has 5 amide bonds. The molecule has 2 saturated heterocycles. The minimum absolute atomic E-state index is 0. The van der Waals surface area contributed by atoms with Gasteiger partial charge < -0.3 is 41.7 Å². The lowest BCUT2D eigenvalue weighted by atomic mass is 9.71. The van der Waals surface area contributed by atoms with Crippen LogP contribution in [0.4, 0.5) is 4.39 Å². The third-order valence-electron chi connectivity index (χ3n) is 18.6. The number of hydrogen-bond acceptors (Lipinski definition) is 14. The fourth-order valence-electron chi connectivity index (χ4n) is 12.6. The molecule has 0 bridgehead atoms. The molecular formula is C79H116FN9O8S2.